The van der Waals surface area contributed by atoms with Crippen molar-refractivity contribution in [2.45, 2.75) is 39.4 Å². The van der Waals surface area contributed by atoms with Gasteiger partial charge in [0.25, 0.3) is 0 Å². The molecule has 0 aliphatic rings. The Morgan fingerprint density at radius 3 is 2.72 bits per heavy atom. The first kappa shape index (κ1) is 19.3. The molecular weight excluding hydrogens is 369 g/mol. The molecule has 0 spiro atoms. The van der Waals surface area contributed by atoms with Gasteiger partial charge in [-0.3, -0.25) is 13.9 Å². The van der Waals surface area contributed by atoms with Crippen molar-refractivity contribution in [1.29, 1.82) is 0 Å². The molecule has 29 heavy (non-hydrogen) atoms. The third-order valence-electron chi connectivity index (χ3n) is 5.21. The molecule has 2 heterocycles. The summed E-state index contributed by atoms with van der Waals surface area (Å²) in [5, 5.41) is 5.15. The minimum Gasteiger partial charge on any atom is -0.326 e. The number of nitrogens with zero attached hydrogens (tertiary/aromatic N) is 4. The van der Waals surface area contributed by atoms with Crippen LogP contribution in [0.25, 0.3) is 21.9 Å². The van der Waals surface area contributed by atoms with Crippen LogP contribution in [-0.2, 0) is 19.6 Å². The minimum absolute atomic E-state index is 0.0547. The van der Waals surface area contributed by atoms with Crippen molar-refractivity contribution in [3.05, 3.63) is 69.8 Å². The van der Waals surface area contributed by atoms with E-state index in [2.05, 4.69) is 9.67 Å². The van der Waals surface area contributed by atoms with Crippen LogP contribution in [0.4, 0.5) is 4.39 Å². The van der Waals surface area contributed by atoms with Crippen molar-refractivity contribution in [2.75, 3.05) is 6.67 Å². The Balaban J connectivity index is 1.83. The molecule has 0 bridgehead atoms. The molecule has 0 aliphatic heterocycles. The van der Waals surface area contributed by atoms with Crippen LogP contribution in [0.3, 0.4) is 0 Å². The van der Waals surface area contributed by atoms with E-state index in [4.69, 9.17) is 10.7 Å². The van der Waals surface area contributed by atoms with Crippen LogP contribution in [0.2, 0.25) is 0 Å². The maximum Gasteiger partial charge on any atom is 0.210 e. The van der Waals surface area contributed by atoms with E-state index < -0.39 is 0 Å². The maximum atomic E-state index is 12.7. The Morgan fingerprint density at radius 1 is 1.10 bits per heavy atom. The summed E-state index contributed by atoms with van der Waals surface area (Å²) < 4.78 is 16.6. The lowest BCUT2D eigenvalue weighted by Gasteiger charge is -2.13. The summed E-state index contributed by atoms with van der Waals surface area (Å²) in [6.07, 6.45) is 1.24. The molecule has 0 radical (unpaired) electrons. The fraction of sp³-hybridized carbons (Fsp3) is 0.318. The SMILES string of the molecule is Cc1nn(Cc2nc3cc(CN)ccc3n2CCCCF)c2ccccc2c1=O. The number of hydrogen-bond acceptors (Lipinski definition) is 4. The molecule has 2 N–H and O–H groups in total. The zero-order valence-corrected chi connectivity index (χ0v) is 16.4. The first-order valence-electron chi connectivity index (χ1n) is 9.83. The smallest absolute Gasteiger partial charge is 0.210 e. The van der Waals surface area contributed by atoms with Crippen LogP contribution in [-0.4, -0.2) is 26.0 Å². The van der Waals surface area contributed by atoms with Crippen molar-refractivity contribution >= 4 is 21.9 Å². The van der Waals surface area contributed by atoms with Crippen molar-refractivity contribution in [3.63, 3.8) is 0 Å². The molecule has 2 aromatic heterocycles. The molecule has 150 valence electrons. The Bertz CT molecular complexity index is 1230. The van der Waals surface area contributed by atoms with Gasteiger partial charge in [0.15, 0.2) is 0 Å². The minimum atomic E-state index is -0.329. The molecule has 0 unspecified atom stereocenters. The molecule has 0 amide bonds. The Hall–Kier alpha value is -3.06. The highest BCUT2D eigenvalue weighted by atomic mass is 19.1. The summed E-state index contributed by atoms with van der Waals surface area (Å²) in [6.45, 7) is 2.94. The van der Waals surface area contributed by atoms with E-state index in [1.54, 1.807) is 6.92 Å². The average molecular weight is 393 g/mol. The zero-order chi connectivity index (χ0) is 20.4. The molecule has 0 aliphatic carbocycles. The van der Waals surface area contributed by atoms with Crippen LogP contribution in [0.1, 0.15) is 29.9 Å². The van der Waals surface area contributed by atoms with Gasteiger partial charge in [-0.2, -0.15) is 5.10 Å². The largest absolute Gasteiger partial charge is 0.326 e. The van der Waals surface area contributed by atoms with Crippen molar-refractivity contribution in [3.8, 4) is 0 Å². The number of nitrogens with two attached hydrogens (primary N) is 1. The summed E-state index contributed by atoms with van der Waals surface area (Å²) in [4.78, 5) is 17.3. The van der Waals surface area contributed by atoms with Crippen LogP contribution in [0.15, 0.2) is 47.3 Å². The van der Waals surface area contributed by atoms with E-state index in [9.17, 15) is 9.18 Å². The van der Waals surface area contributed by atoms with Gasteiger partial charge in [0.1, 0.15) is 11.5 Å². The lowest BCUT2D eigenvalue weighted by molar-refractivity contribution is 0.445. The summed E-state index contributed by atoms with van der Waals surface area (Å²) >= 11 is 0. The molecule has 0 atom stereocenters. The fourth-order valence-corrected chi connectivity index (χ4v) is 3.71. The second-order valence-corrected chi connectivity index (χ2v) is 7.19. The maximum absolute atomic E-state index is 12.7. The van der Waals surface area contributed by atoms with Gasteiger partial charge in [-0.25, -0.2) is 4.98 Å². The van der Waals surface area contributed by atoms with E-state index in [1.807, 2.05) is 47.1 Å². The number of rotatable bonds is 7. The third kappa shape index (κ3) is 3.65. The average Bonchev–Trinajstić information content (AvgIpc) is 3.08. The Kier molecular flexibility index (Phi) is 5.40. The number of halogens is 1. The van der Waals surface area contributed by atoms with Gasteiger partial charge in [-0.15, -0.1) is 0 Å². The van der Waals surface area contributed by atoms with Crippen LogP contribution < -0.4 is 11.2 Å². The van der Waals surface area contributed by atoms with E-state index in [0.717, 1.165) is 34.4 Å². The number of unbranched alkanes of at least 4 members (excludes halogenated alkanes) is 1. The molecule has 4 rings (SSSR count). The number of hydrogen-bond donors (Lipinski definition) is 1. The van der Waals surface area contributed by atoms with Gasteiger partial charge < -0.3 is 10.3 Å². The normalized spacial score (nSPS) is 11.6. The molecule has 6 nitrogen and oxygen atoms in total. The predicted octanol–water partition coefficient (Wildman–Crippen LogP) is 3.31. The first-order chi connectivity index (χ1) is 14.1. The zero-order valence-electron chi connectivity index (χ0n) is 16.4. The highest BCUT2D eigenvalue weighted by Gasteiger charge is 2.14. The Labute approximate surface area is 167 Å². The number of aromatic nitrogens is 4. The van der Waals surface area contributed by atoms with Crippen molar-refractivity contribution in [2.24, 2.45) is 5.73 Å². The van der Waals surface area contributed by atoms with Crippen LogP contribution in [0, 0.1) is 6.92 Å². The van der Waals surface area contributed by atoms with Gasteiger partial charge >= 0.3 is 0 Å². The molecule has 0 saturated carbocycles. The van der Waals surface area contributed by atoms with Gasteiger partial charge in [-0.05, 0) is 49.6 Å². The van der Waals surface area contributed by atoms with E-state index >= 15 is 0 Å². The van der Waals surface area contributed by atoms with E-state index in [1.165, 1.54) is 0 Å². The second-order valence-electron chi connectivity index (χ2n) is 7.19. The van der Waals surface area contributed by atoms with Crippen LogP contribution in [0.5, 0.6) is 0 Å². The molecular formula is C22H24FN5O. The number of benzene rings is 2. The standard InChI is InChI=1S/C22H24FN5O/c1-15-22(29)17-6-2-3-7-19(17)28(26-15)14-21-25-18-12-16(13-24)8-9-20(18)27(21)11-5-4-10-23/h2-3,6-9,12H,4-5,10-11,13-14,24H2,1H3. The van der Waals surface area contributed by atoms with E-state index in [0.29, 0.717) is 37.1 Å². The highest BCUT2D eigenvalue weighted by Crippen LogP contribution is 2.21. The lowest BCUT2D eigenvalue weighted by atomic mass is 10.2. The first-order valence-corrected chi connectivity index (χ1v) is 9.83. The van der Waals surface area contributed by atoms with Gasteiger partial charge in [0.05, 0.1) is 29.8 Å². The fourth-order valence-electron chi connectivity index (χ4n) is 3.71. The van der Waals surface area contributed by atoms with Crippen molar-refractivity contribution < 1.29 is 4.39 Å². The number of aryl methyl sites for hydroxylation is 2. The number of imidazole rings is 1. The summed E-state index contributed by atoms with van der Waals surface area (Å²) in [5.74, 6) is 0.828. The molecule has 2 aromatic carbocycles. The molecule has 0 saturated heterocycles. The lowest BCUT2D eigenvalue weighted by Crippen LogP contribution is -2.19. The summed E-state index contributed by atoms with van der Waals surface area (Å²) in [7, 11) is 0. The summed E-state index contributed by atoms with van der Waals surface area (Å²) in [5.41, 5.74) is 9.83. The summed E-state index contributed by atoms with van der Waals surface area (Å²) in [6, 6.07) is 13.5. The number of alkyl halides is 1. The van der Waals surface area contributed by atoms with Crippen LogP contribution >= 0.6 is 0 Å². The third-order valence-corrected chi connectivity index (χ3v) is 5.21. The second kappa shape index (κ2) is 8.13. The molecule has 4 aromatic rings. The quantitative estimate of drug-likeness (QED) is 0.489. The number of fused-ring (bicyclic) bond motifs is 2. The monoisotopic (exact) mass is 393 g/mol. The Morgan fingerprint density at radius 2 is 1.93 bits per heavy atom. The van der Waals surface area contributed by atoms with Gasteiger partial charge in [-0.1, -0.05) is 18.2 Å². The van der Waals surface area contributed by atoms with Gasteiger partial charge in [0.2, 0.25) is 5.43 Å². The molecule has 0 fully saturated rings. The van der Waals surface area contributed by atoms with E-state index in [-0.39, 0.29) is 12.1 Å². The predicted molar refractivity (Wildman–Crippen MR) is 113 cm³/mol. The van der Waals surface area contributed by atoms with Gasteiger partial charge in [0, 0.05) is 18.5 Å². The number of para-hydroxylation sites is 1. The highest BCUT2D eigenvalue weighted by molar-refractivity contribution is 5.79. The topological polar surface area (TPSA) is 78.7 Å². The van der Waals surface area contributed by atoms with Crippen molar-refractivity contribution in [1.82, 2.24) is 19.3 Å². The molecule has 7 heteroatoms.